The Morgan fingerprint density at radius 1 is 1.24 bits per heavy atom. The molecule has 0 heterocycles. The van der Waals surface area contributed by atoms with Gasteiger partial charge in [-0.15, -0.1) is 0 Å². The van der Waals surface area contributed by atoms with Gasteiger partial charge in [0.15, 0.2) is 11.5 Å². The van der Waals surface area contributed by atoms with E-state index >= 15 is 0 Å². The van der Waals surface area contributed by atoms with Gasteiger partial charge < -0.3 is 20.1 Å². The highest BCUT2D eigenvalue weighted by molar-refractivity contribution is 5.81. The van der Waals surface area contributed by atoms with Crippen LogP contribution in [0.15, 0.2) is 18.2 Å². The van der Waals surface area contributed by atoms with Crippen LogP contribution in [-0.4, -0.2) is 44.7 Å². The minimum absolute atomic E-state index is 0.0227. The van der Waals surface area contributed by atoms with Crippen LogP contribution in [0.5, 0.6) is 11.5 Å². The van der Waals surface area contributed by atoms with Crippen molar-refractivity contribution in [1.82, 2.24) is 4.90 Å². The highest BCUT2D eigenvalue weighted by Gasteiger charge is 2.20. The van der Waals surface area contributed by atoms with Crippen molar-refractivity contribution in [2.24, 2.45) is 11.7 Å². The second-order valence-electron chi connectivity index (χ2n) is 5.47. The summed E-state index contributed by atoms with van der Waals surface area (Å²) in [4.78, 5) is 13.8. The number of nitrogens with zero attached hydrogens (tertiary/aromatic N) is 1. The Balaban J connectivity index is 2.65. The lowest BCUT2D eigenvalue weighted by atomic mass is 10.0. The fraction of sp³-hybridized carbons (Fsp3) is 0.562. The number of hydrogen-bond acceptors (Lipinski definition) is 4. The zero-order chi connectivity index (χ0) is 16.0. The molecular weight excluding hydrogens is 268 g/mol. The van der Waals surface area contributed by atoms with E-state index in [0.717, 1.165) is 12.0 Å². The molecule has 5 nitrogen and oxygen atoms in total. The molecule has 118 valence electrons. The first-order valence-electron chi connectivity index (χ1n) is 7.12. The highest BCUT2D eigenvalue weighted by Crippen LogP contribution is 2.27. The third kappa shape index (κ3) is 4.63. The summed E-state index contributed by atoms with van der Waals surface area (Å²) in [5, 5.41) is 0. The van der Waals surface area contributed by atoms with Crippen molar-refractivity contribution in [2.45, 2.75) is 26.3 Å². The van der Waals surface area contributed by atoms with E-state index < -0.39 is 6.04 Å². The molecule has 1 rings (SSSR count). The first-order chi connectivity index (χ1) is 9.90. The van der Waals surface area contributed by atoms with E-state index in [4.69, 9.17) is 15.2 Å². The second-order valence-corrected chi connectivity index (χ2v) is 5.47. The molecule has 2 N–H and O–H groups in total. The normalized spacial score (nSPS) is 12.1. The van der Waals surface area contributed by atoms with Crippen molar-refractivity contribution in [2.75, 3.05) is 27.8 Å². The van der Waals surface area contributed by atoms with Crippen LogP contribution >= 0.6 is 0 Å². The van der Waals surface area contributed by atoms with Gasteiger partial charge in [-0.25, -0.2) is 0 Å². The minimum Gasteiger partial charge on any atom is -0.493 e. The van der Waals surface area contributed by atoms with Crippen molar-refractivity contribution in [3.05, 3.63) is 23.8 Å². The predicted octanol–water partition coefficient (Wildman–Crippen LogP) is 1.69. The molecule has 1 aromatic carbocycles. The maximum atomic E-state index is 12.1. The predicted molar refractivity (Wildman–Crippen MR) is 83.7 cm³/mol. The largest absolute Gasteiger partial charge is 0.493 e. The number of nitrogens with two attached hydrogens (primary N) is 1. The van der Waals surface area contributed by atoms with Gasteiger partial charge in [0.2, 0.25) is 5.91 Å². The van der Waals surface area contributed by atoms with Crippen LogP contribution in [0.4, 0.5) is 0 Å². The van der Waals surface area contributed by atoms with Crippen molar-refractivity contribution in [1.29, 1.82) is 0 Å². The Bertz CT molecular complexity index is 475. The van der Waals surface area contributed by atoms with E-state index in [1.807, 2.05) is 32.0 Å². The average molecular weight is 294 g/mol. The Morgan fingerprint density at radius 2 is 1.86 bits per heavy atom. The molecule has 0 saturated carbocycles. The Kier molecular flexibility index (Phi) is 6.49. The molecule has 0 aliphatic heterocycles. The molecule has 0 spiro atoms. The summed E-state index contributed by atoms with van der Waals surface area (Å²) in [6.45, 7) is 4.52. The van der Waals surface area contributed by atoms with Crippen LogP contribution in [0.2, 0.25) is 0 Å². The van der Waals surface area contributed by atoms with Gasteiger partial charge in [0, 0.05) is 13.6 Å². The topological polar surface area (TPSA) is 64.8 Å². The summed E-state index contributed by atoms with van der Waals surface area (Å²) in [5.74, 6) is 1.52. The van der Waals surface area contributed by atoms with Gasteiger partial charge in [0.05, 0.1) is 20.3 Å². The van der Waals surface area contributed by atoms with Gasteiger partial charge in [-0.05, 0) is 30.0 Å². The molecular formula is C16H26N2O3. The molecule has 0 aromatic heterocycles. The molecule has 1 atom stereocenters. The van der Waals surface area contributed by atoms with Gasteiger partial charge in [0.1, 0.15) is 0 Å². The number of carbonyl (C=O) groups excluding carboxylic acids is 1. The first-order valence-corrected chi connectivity index (χ1v) is 7.12. The summed E-state index contributed by atoms with van der Waals surface area (Å²) < 4.78 is 10.5. The van der Waals surface area contributed by atoms with Crippen LogP contribution in [0.25, 0.3) is 0 Å². The van der Waals surface area contributed by atoms with E-state index in [-0.39, 0.29) is 11.8 Å². The molecule has 0 radical (unpaired) electrons. The molecule has 0 saturated heterocycles. The summed E-state index contributed by atoms with van der Waals surface area (Å²) in [7, 11) is 5.00. The number of amides is 1. The van der Waals surface area contributed by atoms with Gasteiger partial charge in [0.25, 0.3) is 0 Å². The lowest BCUT2D eigenvalue weighted by molar-refractivity contribution is -0.132. The number of carbonyl (C=O) groups is 1. The Morgan fingerprint density at radius 3 is 2.38 bits per heavy atom. The zero-order valence-electron chi connectivity index (χ0n) is 13.6. The fourth-order valence-corrected chi connectivity index (χ4v) is 1.98. The Hall–Kier alpha value is -1.75. The van der Waals surface area contributed by atoms with Crippen molar-refractivity contribution >= 4 is 5.91 Å². The van der Waals surface area contributed by atoms with Crippen LogP contribution in [0.1, 0.15) is 19.4 Å². The lowest BCUT2D eigenvalue weighted by Gasteiger charge is -2.23. The average Bonchev–Trinajstić information content (AvgIpc) is 2.50. The van der Waals surface area contributed by atoms with Crippen LogP contribution in [0.3, 0.4) is 0 Å². The summed E-state index contributed by atoms with van der Waals surface area (Å²) in [6, 6.07) is 5.33. The molecule has 0 bridgehead atoms. The molecule has 5 heteroatoms. The molecule has 0 aliphatic carbocycles. The number of methoxy groups -OCH3 is 2. The van der Waals surface area contributed by atoms with Crippen LogP contribution in [-0.2, 0) is 11.2 Å². The van der Waals surface area contributed by atoms with Crippen LogP contribution in [0, 0.1) is 5.92 Å². The van der Waals surface area contributed by atoms with Crippen molar-refractivity contribution < 1.29 is 14.3 Å². The minimum atomic E-state index is -0.444. The van der Waals surface area contributed by atoms with Gasteiger partial charge in [-0.2, -0.15) is 0 Å². The number of benzene rings is 1. The fourth-order valence-electron chi connectivity index (χ4n) is 1.98. The zero-order valence-corrected chi connectivity index (χ0v) is 13.6. The van der Waals surface area contributed by atoms with Crippen molar-refractivity contribution in [3.63, 3.8) is 0 Å². The summed E-state index contributed by atoms with van der Waals surface area (Å²) in [5.41, 5.74) is 6.97. The van der Waals surface area contributed by atoms with Crippen LogP contribution < -0.4 is 15.2 Å². The van der Waals surface area contributed by atoms with Crippen molar-refractivity contribution in [3.8, 4) is 11.5 Å². The van der Waals surface area contributed by atoms with E-state index in [9.17, 15) is 4.79 Å². The molecule has 21 heavy (non-hydrogen) atoms. The SMILES string of the molecule is COc1ccc(CCN(C)C(=O)C(N)C(C)C)cc1OC. The lowest BCUT2D eigenvalue weighted by Crippen LogP contribution is -2.45. The molecule has 0 aliphatic rings. The Labute approximate surface area is 127 Å². The molecule has 0 fully saturated rings. The molecule has 1 amide bonds. The number of ether oxygens (including phenoxy) is 2. The van der Waals surface area contributed by atoms with Gasteiger partial charge in [-0.3, -0.25) is 4.79 Å². The maximum Gasteiger partial charge on any atom is 0.239 e. The van der Waals surface area contributed by atoms with E-state index in [0.29, 0.717) is 18.0 Å². The van der Waals surface area contributed by atoms with Gasteiger partial charge in [-0.1, -0.05) is 19.9 Å². The third-order valence-electron chi connectivity index (χ3n) is 3.56. The summed E-state index contributed by atoms with van der Waals surface area (Å²) in [6.07, 6.45) is 0.743. The number of rotatable bonds is 7. The highest BCUT2D eigenvalue weighted by atomic mass is 16.5. The monoisotopic (exact) mass is 294 g/mol. The standard InChI is InChI=1S/C16H26N2O3/c1-11(2)15(17)16(19)18(3)9-8-12-6-7-13(20-4)14(10-12)21-5/h6-7,10-11,15H,8-9,17H2,1-5H3. The number of hydrogen-bond donors (Lipinski definition) is 1. The smallest absolute Gasteiger partial charge is 0.239 e. The molecule has 1 aromatic rings. The quantitative estimate of drug-likeness (QED) is 0.831. The molecule has 1 unspecified atom stereocenters. The van der Waals surface area contributed by atoms with Gasteiger partial charge >= 0.3 is 0 Å². The van der Waals surface area contributed by atoms with E-state index in [1.54, 1.807) is 26.2 Å². The summed E-state index contributed by atoms with van der Waals surface area (Å²) >= 11 is 0. The number of likely N-dealkylation sites (N-methyl/N-ethyl adjacent to an activating group) is 1. The maximum absolute atomic E-state index is 12.1. The van der Waals surface area contributed by atoms with E-state index in [2.05, 4.69) is 0 Å². The van der Waals surface area contributed by atoms with E-state index in [1.165, 1.54) is 0 Å². The first kappa shape index (κ1) is 17.3. The second kappa shape index (κ2) is 7.88. The third-order valence-corrected chi connectivity index (χ3v) is 3.56.